The zero-order chi connectivity index (χ0) is 19.8. The van der Waals surface area contributed by atoms with E-state index in [4.69, 9.17) is 4.74 Å². The van der Waals surface area contributed by atoms with Gasteiger partial charge in [-0.05, 0) is 31.9 Å². The van der Waals surface area contributed by atoms with E-state index in [0.29, 0.717) is 13.1 Å². The summed E-state index contributed by atoms with van der Waals surface area (Å²) in [6.07, 6.45) is 1.81. The standard InChI is InChI=1S/C20H31F2N5O.HI/c1-2-23-20(24-8-4-9-26-11-13-28-14-12-26)25-16-7-10-27(15-16)19-17(21)5-3-6-18(19)22;/h3,5-6,16H,2,4,7-15H2,1H3,(H2,23,24,25);1H. The highest BCUT2D eigenvalue weighted by Gasteiger charge is 2.27. The molecule has 0 aromatic heterocycles. The molecule has 164 valence electrons. The molecule has 1 unspecified atom stereocenters. The largest absolute Gasteiger partial charge is 0.379 e. The molecule has 2 N–H and O–H groups in total. The Hall–Kier alpha value is -1.20. The number of rotatable bonds is 7. The second-order valence-corrected chi connectivity index (χ2v) is 7.21. The van der Waals surface area contributed by atoms with Crippen molar-refractivity contribution in [2.24, 2.45) is 4.99 Å². The smallest absolute Gasteiger partial charge is 0.191 e. The van der Waals surface area contributed by atoms with E-state index < -0.39 is 11.6 Å². The molecular formula is C20H32F2IN5O. The van der Waals surface area contributed by atoms with Gasteiger partial charge in [0, 0.05) is 51.9 Å². The van der Waals surface area contributed by atoms with Gasteiger partial charge in [0.2, 0.25) is 0 Å². The van der Waals surface area contributed by atoms with E-state index in [1.54, 1.807) is 4.90 Å². The van der Waals surface area contributed by atoms with Gasteiger partial charge in [-0.3, -0.25) is 9.89 Å². The van der Waals surface area contributed by atoms with E-state index in [1.807, 2.05) is 6.92 Å². The molecule has 0 spiro atoms. The zero-order valence-corrected chi connectivity index (χ0v) is 19.3. The fourth-order valence-electron chi connectivity index (χ4n) is 3.70. The molecule has 0 aliphatic carbocycles. The maximum atomic E-state index is 14.0. The van der Waals surface area contributed by atoms with E-state index >= 15 is 0 Å². The van der Waals surface area contributed by atoms with Gasteiger partial charge in [-0.1, -0.05) is 6.07 Å². The van der Waals surface area contributed by atoms with E-state index in [9.17, 15) is 8.78 Å². The van der Waals surface area contributed by atoms with Crippen LogP contribution in [-0.4, -0.2) is 75.9 Å². The van der Waals surface area contributed by atoms with E-state index in [1.165, 1.54) is 18.2 Å². The van der Waals surface area contributed by atoms with Crippen LogP contribution in [0.4, 0.5) is 14.5 Å². The van der Waals surface area contributed by atoms with Crippen molar-refractivity contribution in [3.63, 3.8) is 0 Å². The Morgan fingerprint density at radius 1 is 1.21 bits per heavy atom. The van der Waals surface area contributed by atoms with Crippen LogP contribution in [0.5, 0.6) is 0 Å². The minimum Gasteiger partial charge on any atom is -0.379 e. The minimum atomic E-state index is -0.510. The predicted molar refractivity (Wildman–Crippen MR) is 123 cm³/mol. The van der Waals surface area contributed by atoms with Crippen molar-refractivity contribution < 1.29 is 13.5 Å². The lowest BCUT2D eigenvalue weighted by Crippen LogP contribution is -2.45. The average Bonchev–Trinajstić information content (AvgIpc) is 3.14. The molecule has 2 heterocycles. The number of halogens is 3. The number of morpholine rings is 1. The fraction of sp³-hybridized carbons (Fsp3) is 0.650. The van der Waals surface area contributed by atoms with Crippen LogP contribution in [0.2, 0.25) is 0 Å². The third-order valence-corrected chi connectivity index (χ3v) is 5.13. The number of aliphatic imine (C=N–C) groups is 1. The van der Waals surface area contributed by atoms with Crippen molar-refractivity contribution in [3.05, 3.63) is 29.8 Å². The third kappa shape index (κ3) is 7.21. The highest BCUT2D eigenvalue weighted by atomic mass is 127. The van der Waals surface area contributed by atoms with Gasteiger partial charge in [-0.15, -0.1) is 24.0 Å². The van der Waals surface area contributed by atoms with Gasteiger partial charge < -0.3 is 20.3 Å². The number of anilines is 1. The van der Waals surface area contributed by atoms with Crippen molar-refractivity contribution in [1.82, 2.24) is 15.5 Å². The summed E-state index contributed by atoms with van der Waals surface area (Å²) in [5, 5.41) is 6.68. The molecule has 9 heteroatoms. The summed E-state index contributed by atoms with van der Waals surface area (Å²) in [5.41, 5.74) is 0.0688. The molecular weight excluding hydrogens is 491 g/mol. The number of guanidine groups is 1. The van der Waals surface area contributed by atoms with Gasteiger partial charge in [-0.25, -0.2) is 8.78 Å². The summed E-state index contributed by atoms with van der Waals surface area (Å²) in [6, 6.07) is 4.11. The quantitative estimate of drug-likeness (QED) is 0.249. The summed E-state index contributed by atoms with van der Waals surface area (Å²) in [4.78, 5) is 8.83. The van der Waals surface area contributed by atoms with E-state index in [-0.39, 0.29) is 35.7 Å². The van der Waals surface area contributed by atoms with E-state index in [2.05, 4.69) is 20.5 Å². The summed E-state index contributed by atoms with van der Waals surface area (Å²) in [5.74, 6) is -0.251. The first-order chi connectivity index (χ1) is 13.7. The number of para-hydroxylation sites is 1. The molecule has 2 saturated heterocycles. The van der Waals surface area contributed by atoms with Crippen molar-refractivity contribution in [1.29, 1.82) is 0 Å². The fourth-order valence-corrected chi connectivity index (χ4v) is 3.70. The summed E-state index contributed by atoms with van der Waals surface area (Å²) >= 11 is 0. The monoisotopic (exact) mass is 523 g/mol. The predicted octanol–water partition coefficient (Wildman–Crippen LogP) is 2.44. The molecule has 1 atom stereocenters. The van der Waals surface area contributed by atoms with Crippen LogP contribution in [0.1, 0.15) is 19.8 Å². The molecule has 0 amide bonds. The Labute approximate surface area is 189 Å². The second-order valence-electron chi connectivity index (χ2n) is 7.21. The zero-order valence-electron chi connectivity index (χ0n) is 17.0. The molecule has 3 rings (SSSR count). The van der Waals surface area contributed by atoms with Crippen LogP contribution in [0.25, 0.3) is 0 Å². The topological polar surface area (TPSA) is 52.1 Å². The molecule has 1 aromatic carbocycles. The van der Waals surface area contributed by atoms with Gasteiger partial charge in [0.15, 0.2) is 5.96 Å². The molecule has 1 aromatic rings. The maximum absolute atomic E-state index is 14.0. The van der Waals surface area contributed by atoms with Gasteiger partial charge in [0.25, 0.3) is 0 Å². The normalized spacial score (nSPS) is 20.4. The maximum Gasteiger partial charge on any atom is 0.191 e. The number of hydrogen-bond acceptors (Lipinski definition) is 4. The lowest BCUT2D eigenvalue weighted by molar-refractivity contribution is 0.0377. The van der Waals surface area contributed by atoms with Crippen LogP contribution < -0.4 is 15.5 Å². The molecule has 29 heavy (non-hydrogen) atoms. The minimum absolute atomic E-state index is 0. The Morgan fingerprint density at radius 3 is 2.62 bits per heavy atom. The lowest BCUT2D eigenvalue weighted by atomic mass is 10.2. The molecule has 6 nitrogen and oxygen atoms in total. The molecule has 2 fully saturated rings. The Balaban J connectivity index is 0.00000300. The van der Waals surface area contributed by atoms with Gasteiger partial charge >= 0.3 is 0 Å². The molecule has 0 radical (unpaired) electrons. The molecule has 2 aliphatic heterocycles. The number of benzene rings is 1. The number of nitrogens with zero attached hydrogens (tertiary/aromatic N) is 3. The van der Waals surface area contributed by atoms with Crippen LogP contribution >= 0.6 is 24.0 Å². The highest BCUT2D eigenvalue weighted by Crippen LogP contribution is 2.26. The first-order valence-electron chi connectivity index (χ1n) is 10.2. The second kappa shape index (κ2) is 12.5. The number of ether oxygens (including phenoxy) is 1. The number of hydrogen-bond donors (Lipinski definition) is 2. The average molecular weight is 523 g/mol. The van der Waals surface area contributed by atoms with Gasteiger partial charge in [0.1, 0.15) is 17.3 Å². The van der Waals surface area contributed by atoms with Crippen molar-refractivity contribution >= 4 is 35.6 Å². The molecule has 0 bridgehead atoms. The molecule has 2 aliphatic rings. The molecule has 0 saturated carbocycles. The van der Waals surface area contributed by atoms with Crippen molar-refractivity contribution in [2.45, 2.75) is 25.8 Å². The van der Waals surface area contributed by atoms with Crippen molar-refractivity contribution in [2.75, 3.05) is 63.9 Å². The van der Waals surface area contributed by atoms with Crippen LogP contribution in [0, 0.1) is 11.6 Å². The third-order valence-electron chi connectivity index (χ3n) is 5.13. The lowest BCUT2D eigenvalue weighted by Gasteiger charge is -2.26. The van der Waals surface area contributed by atoms with Crippen LogP contribution in [0.15, 0.2) is 23.2 Å². The Bertz CT molecular complexity index is 638. The summed E-state index contributed by atoms with van der Waals surface area (Å²) in [6.45, 7) is 9.35. The van der Waals surface area contributed by atoms with Crippen molar-refractivity contribution in [3.8, 4) is 0 Å². The Kier molecular flexibility index (Phi) is 10.4. The SMILES string of the molecule is CCNC(=NCCCN1CCOCC1)NC1CCN(c2c(F)cccc2F)C1.I. The first kappa shape index (κ1) is 24.1. The summed E-state index contributed by atoms with van der Waals surface area (Å²) < 4.78 is 33.4. The number of nitrogens with one attached hydrogen (secondary N) is 2. The van der Waals surface area contributed by atoms with Gasteiger partial charge in [0.05, 0.1) is 13.2 Å². The Morgan fingerprint density at radius 2 is 1.93 bits per heavy atom. The van der Waals surface area contributed by atoms with Gasteiger partial charge in [-0.2, -0.15) is 0 Å². The van der Waals surface area contributed by atoms with Crippen LogP contribution in [-0.2, 0) is 4.74 Å². The first-order valence-corrected chi connectivity index (χ1v) is 10.2. The van der Waals surface area contributed by atoms with Crippen LogP contribution in [0.3, 0.4) is 0 Å². The highest BCUT2D eigenvalue weighted by molar-refractivity contribution is 14.0. The van der Waals surface area contributed by atoms with E-state index in [0.717, 1.165) is 64.7 Å². The summed E-state index contributed by atoms with van der Waals surface area (Å²) in [7, 11) is 0.